The zero-order chi connectivity index (χ0) is 11.3. The first-order chi connectivity index (χ1) is 7.66. The summed E-state index contributed by atoms with van der Waals surface area (Å²) < 4.78 is 5.12. The minimum atomic E-state index is -1.02. The van der Waals surface area contributed by atoms with E-state index in [9.17, 15) is 4.79 Å². The van der Waals surface area contributed by atoms with Gasteiger partial charge in [0.1, 0.15) is 0 Å². The summed E-state index contributed by atoms with van der Waals surface area (Å²) in [5.74, 6) is -0.595. The Morgan fingerprint density at radius 1 is 1.50 bits per heavy atom. The van der Waals surface area contributed by atoms with Gasteiger partial charge in [0.2, 0.25) is 0 Å². The highest BCUT2D eigenvalue weighted by Gasteiger charge is 2.30. The van der Waals surface area contributed by atoms with Crippen LogP contribution < -0.4 is 0 Å². The highest BCUT2D eigenvalue weighted by Crippen LogP contribution is 2.44. The molecule has 0 unspecified atom stereocenters. The smallest absolute Gasteiger partial charge is 0.335 e. The van der Waals surface area contributed by atoms with Crippen LogP contribution in [0.3, 0.4) is 0 Å². The lowest BCUT2D eigenvalue weighted by atomic mass is 10.1. The van der Waals surface area contributed by atoms with Gasteiger partial charge in [-0.3, -0.25) is 0 Å². The number of aromatic nitrogens is 1. The summed E-state index contributed by atoms with van der Waals surface area (Å²) in [6.45, 7) is 0. The Hall–Kier alpha value is -1.55. The summed E-state index contributed by atoms with van der Waals surface area (Å²) >= 11 is 6.06. The molecule has 0 atom stereocenters. The maximum Gasteiger partial charge on any atom is 0.335 e. The van der Waals surface area contributed by atoms with Crippen LogP contribution in [0.25, 0.3) is 11.0 Å². The van der Waals surface area contributed by atoms with Crippen LogP contribution in [-0.2, 0) is 0 Å². The molecule has 1 aliphatic carbocycles. The molecule has 0 saturated heterocycles. The molecule has 16 heavy (non-hydrogen) atoms. The van der Waals surface area contributed by atoms with Gasteiger partial charge < -0.3 is 9.63 Å². The summed E-state index contributed by atoms with van der Waals surface area (Å²) in [5, 5.41) is 14.0. The van der Waals surface area contributed by atoms with Crippen LogP contribution in [0.5, 0.6) is 0 Å². The second-order valence-corrected chi connectivity index (χ2v) is 4.39. The molecule has 1 aliphatic rings. The van der Waals surface area contributed by atoms with Crippen LogP contribution in [0.15, 0.2) is 16.7 Å². The van der Waals surface area contributed by atoms with E-state index in [0.717, 1.165) is 23.9 Å². The van der Waals surface area contributed by atoms with Crippen molar-refractivity contribution in [1.29, 1.82) is 0 Å². The SMILES string of the molecule is O=C(O)c1cc(Cl)c2c(C3CC3)noc2c1. The number of carboxylic acids is 1. The summed E-state index contributed by atoms with van der Waals surface area (Å²) in [5.41, 5.74) is 1.43. The lowest BCUT2D eigenvalue weighted by Crippen LogP contribution is -1.95. The molecule has 1 saturated carbocycles. The third kappa shape index (κ3) is 1.38. The van der Waals surface area contributed by atoms with E-state index in [-0.39, 0.29) is 5.56 Å². The van der Waals surface area contributed by atoms with Gasteiger partial charge >= 0.3 is 5.97 Å². The number of hydrogen-bond acceptors (Lipinski definition) is 3. The fourth-order valence-electron chi connectivity index (χ4n) is 1.80. The molecule has 1 N–H and O–H groups in total. The van der Waals surface area contributed by atoms with Crippen LogP contribution in [0, 0.1) is 0 Å². The molecule has 82 valence electrons. The highest BCUT2D eigenvalue weighted by atomic mass is 35.5. The first-order valence-electron chi connectivity index (χ1n) is 4.99. The fourth-order valence-corrected chi connectivity index (χ4v) is 2.11. The Labute approximate surface area is 95.8 Å². The molecule has 0 spiro atoms. The van der Waals surface area contributed by atoms with Crippen molar-refractivity contribution in [3.8, 4) is 0 Å². The van der Waals surface area contributed by atoms with Crippen LogP contribution in [0.4, 0.5) is 0 Å². The van der Waals surface area contributed by atoms with E-state index in [1.54, 1.807) is 0 Å². The second-order valence-electron chi connectivity index (χ2n) is 3.98. The molecule has 0 aliphatic heterocycles. The molecular formula is C11H8ClNO3. The standard InChI is InChI=1S/C11H8ClNO3/c12-7-3-6(11(14)15)4-8-9(7)10(13-16-8)5-1-2-5/h3-5H,1-2H2,(H,14,15). The topological polar surface area (TPSA) is 63.3 Å². The third-order valence-electron chi connectivity index (χ3n) is 2.76. The molecule has 3 rings (SSSR count). The van der Waals surface area contributed by atoms with Gasteiger partial charge in [-0.05, 0) is 25.0 Å². The molecule has 1 heterocycles. The van der Waals surface area contributed by atoms with Crippen molar-refractivity contribution < 1.29 is 14.4 Å². The van der Waals surface area contributed by atoms with E-state index < -0.39 is 5.97 Å². The quantitative estimate of drug-likeness (QED) is 0.872. The van der Waals surface area contributed by atoms with Crippen molar-refractivity contribution in [3.63, 3.8) is 0 Å². The Kier molecular flexibility index (Phi) is 1.94. The van der Waals surface area contributed by atoms with Gasteiger partial charge in [0, 0.05) is 5.92 Å². The predicted octanol–water partition coefficient (Wildman–Crippen LogP) is 3.06. The van der Waals surface area contributed by atoms with E-state index in [4.69, 9.17) is 21.2 Å². The minimum absolute atomic E-state index is 0.121. The number of aromatic carboxylic acids is 1. The van der Waals surface area contributed by atoms with E-state index in [2.05, 4.69) is 5.16 Å². The van der Waals surface area contributed by atoms with Gasteiger partial charge in [-0.15, -0.1) is 0 Å². The lowest BCUT2D eigenvalue weighted by Gasteiger charge is -1.97. The summed E-state index contributed by atoms with van der Waals surface area (Å²) in [4.78, 5) is 10.8. The van der Waals surface area contributed by atoms with Crippen LogP contribution >= 0.6 is 11.6 Å². The number of hydrogen-bond donors (Lipinski definition) is 1. The third-order valence-corrected chi connectivity index (χ3v) is 3.06. The molecule has 0 amide bonds. The Bertz CT molecular complexity index is 586. The first-order valence-corrected chi connectivity index (χ1v) is 5.36. The fraction of sp³-hybridized carbons (Fsp3) is 0.273. The maximum absolute atomic E-state index is 10.8. The largest absolute Gasteiger partial charge is 0.478 e. The molecule has 4 nitrogen and oxygen atoms in total. The van der Waals surface area contributed by atoms with Gasteiger partial charge in [0.25, 0.3) is 0 Å². The lowest BCUT2D eigenvalue weighted by molar-refractivity contribution is 0.0697. The summed E-state index contributed by atoms with van der Waals surface area (Å²) in [7, 11) is 0. The first kappa shape index (κ1) is 9.66. The van der Waals surface area contributed by atoms with Crippen molar-refractivity contribution in [2.45, 2.75) is 18.8 Å². The maximum atomic E-state index is 10.8. The zero-order valence-corrected chi connectivity index (χ0v) is 8.99. The van der Waals surface area contributed by atoms with Crippen molar-refractivity contribution in [2.24, 2.45) is 0 Å². The second kappa shape index (κ2) is 3.22. The molecule has 1 aromatic carbocycles. The van der Waals surface area contributed by atoms with Crippen molar-refractivity contribution in [3.05, 3.63) is 28.4 Å². The van der Waals surface area contributed by atoms with Gasteiger partial charge in [-0.2, -0.15) is 0 Å². The molecule has 0 radical (unpaired) electrons. The minimum Gasteiger partial charge on any atom is -0.478 e. The number of halogens is 1. The molecule has 2 aromatic rings. The molecule has 5 heteroatoms. The number of rotatable bonds is 2. The summed E-state index contributed by atoms with van der Waals surface area (Å²) in [6.07, 6.45) is 2.19. The van der Waals surface area contributed by atoms with Crippen LogP contribution in [0.2, 0.25) is 5.02 Å². The van der Waals surface area contributed by atoms with Crippen LogP contribution in [-0.4, -0.2) is 16.2 Å². The van der Waals surface area contributed by atoms with E-state index in [1.807, 2.05) is 0 Å². The number of fused-ring (bicyclic) bond motifs is 1. The highest BCUT2D eigenvalue weighted by molar-refractivity contribution is 6.36. The van der Waals surface area contributed by atoms with Crippen molar-refractivity contribution in [1.82, 2.24) is 5.16 Å². The monoisotopic (exact) mass is 237 g/mol. The number of carbonyl (C=O) groups is 1. The normalized spacial score (nSPS) is 15.6. The summed E-state index contributed by atoms with van der Waals surface area (Å²) in [6, 6.07) is 2.90. The number of benzene rings is 1. The van der Waals surface area contributed by atoms with Crippen LogP contribution in [0.1, 0.15) is 34.8 Å². The van der Waals surface area contributed by atoms with E-state index in [0.29, 0.717) is 16.5 Å². The van der Waals surface area contributed by atoms with E-state index >= 15 is 0 Å². The molecule has 0 bridgehead atoms. The Morgan fingerprint density at radius 2 is 2.25 bits per heavy atom. The van der Waals surface area contributed by atoms with Crippen molar-refractivity contribution in [2.75, 3.05) is 0 Å². The van der Waals surface area contributed by atoms with E-state index in [1.165, 1.54) is 12.1 Å². The molecule has 1 aromatic heterocycles. The molecule has 1 fully saturated rings. The van der Waals surface area contributed by atoms with Gasteiger partial charge in [-0.25, -0.2) is 4.79 Å². The Balaban J connectivity index is 2.25. The number of carboxylic acid groups (broad SMARTS) is 1. The van der Waals surface area contributed by atoms with Gasteiger partial charge in [0.15, 0.2) is 5.58 Å². The Morgan fingerprint density at radius 3 is 2.88 bits per heavy atom. The van der Waals surface area contributed by atoms with Gasteiger partial charge in [0.05, 0.1) is 21.7 Å². The number of nitrogens with zero attached hydrogens (tertiary/aromatic N) is 1. The van der Waals surface area contributed by atoms with Gasteiger partial charge in [-0.1, -0.05) is 16.8 Å². The average molecular weight is 238 g/mol. The zero-order valence-electron chi connectivity index (χ0n) is 8.24. The predicted molar refractivity (Wildman–Crippen MR) is 58.0 cm³/mol. The average Bonchev–Trinajstić information content (AvgIpc) is 2.98. The van der Waals surface area contributed by atoms with Crippen molar-refractivity contribution >= 4 is 28.5 Å². The molecular weight excluding hydrogens is 230 g/mol.